The molecule has 1 atom stereocenters. The van der Waals surface area contributed by atoms with E-state index in [-0.39, 0.29) is 28.9 Å². The van der Waals surface area contributed by atoms with Gasteiger partial charge in [0.05, 0.1) is 13.0 Å². The number of halogens is 1. The van der Waals surface area contributed by atoms with Gasteiger partial charge in [0.15, 0.2) is 16.6 Å². The highest BCUT2D eigenvalue weighted by Crippen LogP contribution is 2.32. The Labute approximate surface area is 112 Å². The molecule has 0 radical (unpaired) electrons. The van der Waals surface area contributed by atoms with Gasteiger partial charge < -0.3 is 4.74 Å². The molecule has 1 aliphatic rings. The van der Waals surface area contributed by atoms with Crippen molar-refractivity contribution in [2.24, 2.45) is 5.92 Å². The van der Waals surface area contributed by atoms with Gasteiger partial charge in [-0.3, -0.25) is 19.3 Å². The molecule has 2 rings (SSSR count). The molecule has 2 heterocycles. The molecule has 1 aliphatic heterocycles. The van der Waals surface area contributed by atoms with E-state index in [0.717, 1.165) is 11.3 Å². The number of amides is 1. The van der Waals surface area contributed by atoms with Crippen molar-refractivity contribution in [1.29, 1.82) is 0 Å². The summed E-state index contributed by atoms with van der Waals surface area (Å²) in [4.78, 5) is 39.4. The number of hydrogen-bond donors (Lipinski definition) is 0. The van der Waals surface area contributed by atoms with Crippen LogP contribution in [0.25, 0.3) is 0 Å². The smallest absolute Gasteiger partial charge is 0.311 e. The molecule has 18 heavy (non-hydrogen) atoms. The Morgan fingerprint density at radius 1 is 1.67 bits per heavy atom. The number of nitrogens with zero attached hydrogens (tertiary/aromatic N) is 2. The first-order valence-corrected chi connectivity index (χ1v) is 6.26. The van der Waals surface area contributed by atoms with Gasteiger partial charge in [0.25, 0.3) is 0 Å². The highest BCUT2D eigenvalue weighted by Gasteiger charge is 2.37. The van der Waals surface area contributed by atoms with Gasteiger partial charge in [-0.05, 0) is 0 Å². The number of thiazole rings is 1. The minimum absolute atomic E-state index is 0.0688. The fourth-order valence-corrected chi connectivity index (χ4v) is 2.80. The summed E-state index contributed by atoms with van der Waals surface area (Å²) in [6.07, 6.45) is 0.669. The van der Waals surface area contributed by atoms with Crippen LogP contribution in [-0.2, 0) is 14.3 Å². The molecular formula is C10H9ClN2O4S. The van der Waals surface area contributed by atoms with Gasteiger partial charge in [0, 0.05) is 13.0 Å². The predicted octanol–water partition coefficient (Wildman–Crippen LogP) is 1.13. The lowest BCUT2D eigenvalue weighted by Gasteiger charge is -2.11. The number of aldehydes is 1. The lowest BCUT2D eigenvalue weighted by atomic mass is 10.1. The molecule has 0 N–H and O–H groups in total. The summed E-state index contributed by atoms with van der Waals surface area (Å²) >= 11 is 6.76. The first kappa shape index (κ1) is 13.0. The van der Waals surface area contributed by atoms with Crippen LogP contribution in [0.5, 0.6) is 0 Å². The average Bonchev–Trinajstić information content (AvgIpc) is 2.91. The number of carbonyl (C=O) groups is 3. The van der Waals surface area contributed by atoms with Crippen LogP contribution in [0.1, 0.15) is 16.1 Å². The second-order valence-corrected chi connectivity index (χ2v) is 5.07. The molecule has 0 spiro atoms. The number of ether oxygens (including phenoxy) is 1. The Morgan fingerprint density at radius 2 is 2.39 bits per heavy atom. The maximum Gasteiger partial charge on any atom is 0.311 e. The molecule has 1 aromatic rings. The molecule has 0 aromatic carbocycles. The lowest BCUT2D eigenvalue weighted by molar-refractivity contribution is -0.145. The summed E-state index contributed by atoms with van der Waals surface area (Å²) in [5.41, 5.74) is 0. The Hall–Kier alpha value is -1.47. The molecule has 1 amide bonds. The number of methoxy groups -OCH3 is 1. The third kappa shape index (κ3) is 2.23. The summed E-state index contributed by atoms with van der Waals surface area (Å²) in [5.74, 6) is -1.15. The van der Waals surface area contributed by atoms with Crippen LogP contribution in [0.15, 0.2) is 0 Å². The average molecular weight is 289 g/mol. The molecule has 1 saturated heterocycles. The molecule has 0 aliphatic carbocycles. The summed E-state index contributed by atoms with van der Waals surface area (Å²) in [6, 6.07) is 0. The molecule has 0 bridgehead atoms. The number of aromatic nitrogens is 1. The Morgan fingerprint density at radius 3 is 2.94 bits per heavy atom. The van der Waals surface area contributed by atoms with Crippen LogP contribution >= 0.6 is 22.9 Å². The quantitative estimate of drug-likeness (QED) is 0.616. The summed E-state index contributed by atoms with van der Waals surface area (Å²) in [6.45, 7) is 0.202. The Kier molecular flexibility index (Phi) is 3.63. The van der Waals surface area contributed by atoms with Gasteiger partial charge in [0.1, 0.15) is 4.88 Å². The van der Waals surface area contributed by atoms with Crippen LogP contribution in [0.4, 0.5) is 5.13 Å². The van der Waals surface area contributed by atoms with E-state index in [2.05, 4.69) is 9.72 Å². The summed E-state index contributed by atoms with van der Waals surface area (Å²) < 4.78 is 4.60. The number of hydrogen-bond acceptors (Lipinski definition) is 6. The van der Waals surface area contributed by atoms with Crippen molar-refractivity contribution >= 4 is 46.2 Å². The van der Waals surface area contributed by atoms with E-state index in [4.69, 9.17) is 11.6 Å². The predicted molar refractivity (Wildman–Crippen MR) is 65.0 cm³/mol. The summed E-state index contributed by atoms with van der Waals surface area (Å²) in [7, 11) is 1.28. The number of esters is 1. The third-order valence-corrected chi connectivity index (χ3v) is 4.00. The second kappa shape index (κ2) is 5.03. The zero-order valence-electron chi connectivity index (χ0n) is 9.38. The third-order valence-electron chi connectivity index (χ3n) is 2.60. The van der Waals surface area contributed by atoms with Gasteiger partial charge in [0.2, 0.25) is 5.91 Å². The van der Waals surface area contributed by atoms with Crippen molar-refractivity contribution in [3.63, 3.8) is 0 Å². The molecular weight excluding hydrogens is 280 g/mol. The van der Waals surface area contributed by atoms with Crippen LogP contribution < -0.4 is 4.90 Å². The normalized spacial score (nSPS) is 19.1. The van der Waals surface area contributed by atoms with E-state index in [1.807, 2.05) is 0 Å². The maximum absolute atomic E-state index is 11.8. The summed E-state index contributed by atoms with van der Waals surface area (Å²) in [5, 5.41) is 0.401. The fourth-order valence-electron chi connectivity index (χ4n) is 1.71. The standard InChI is InChI=1S/C10H9ClN2O4S/c1-17-9(16)5-2-7(15)13(3-5)10-12-8(11)6(4-14)18-10/h4-5H,2-3H2,1H3. The molecule has 0 saturated carbocycles. The van der Waals surface area contributed by atoms with Gasteiger partial charge in [-0.25, -0.2) is 4.98 Å². The minimum Gasteiger partial charge on any atom is -0.469 e. The lowest BCUT2D eigenvalue weighted by Crippen LogP contribution is -2.25. The van der Waals surface area contributed by atoms with E-state index >= 15 is 0 Å². The minimum atomic E-state index is -0.496. The fraction of sp³-hybridized carbons (Fsp3) is 0.400. The largest absolute Gasteiger partial charge is 0.469 e. The van der Waals surface area contributed by atoms with E-state index in [0.29, 0.717) is 11.4 Å². The van der Waals surface area contributed by atoms with Crippen LogP contribution in [0.2, 0.25) is 5.15 Å². The maximum atomic E-state index is 11.8. The van der Waals surface area contributed by atoms with Gasteiger partial charge in [-0.1, -0.05) is 22.9 Å². The molecule has 1 aromatic heterocycles. The number of carbonyl (C=O) groups excluding carboxylic acids is 3. The van der Waals surface area contributed by atoms with E-state index < -0.39 is 11.9 Å². The Balaban J connectivity index is 2.21. The Bertz CT molecular complexity index is 516. The molecule has 1 unspecified atom stereocenters. The van der Waals surface area contributed by atoms with Gasteiger partial charge >= 0.3 is 5.97 Å². The zero-order chi connectivity index (χ0) is 13.3. The topological polar surface area (TPSA) is 76.6 Å². The van der Waals surface area contributed by atoms with Crippen LogP contribution in [0.3, 0.4) is 0 Å². The highest BCUT2D eigenvalue weighted by molar-refractivity contribution is 7.17. The van der Waals surface area contributed by atoms with Gasteiger partial charge in [-0.15, -0.1) is 0 Å². The molecule has 8 heteroatoms. The molecule has 6 nitrogen and oxygen atoms in total. The number of rotatable bonds is 3. The highest BCUT2D eigenvalue weighted by atomic mass is 35.5. The van der Waals surface area contributed by atoms with Crippen molar-refractivity contribution in [2.45, 2.75) is 6.42 Å². The van der Waals surface area contributed by atoms with E-state index in [1.54, 1.807) is 0 Å². The SMILES string of the molecule is COC(=O)C1CC(=O)N(c2nc(Cl)c(C=O)s2)C1. The van der Waals surface area contributed by atoms with Crippen molar-refractivity contribution in [1.82, 2.24) is 4.98 Å². The van der Waals surface area contributed by atoms with Crippen LogP contribution in [-0.4, -0.2) is 36.8 Å². The molecule has 96 valence electrons. The van der Waals surface area contributed by atoms with Crippen LogP contribution in [0, 0.1) is 5.92 Å². The van der Waals surface area contributed by atoms with E-state index in [9.17, 15) is 14.4 Å². The first-order valence-electron chi connectivity index (χ1n) is 5.06. The molecule has 1 fully saturated rings. The van der Waals surface area contributed by atoms with Crippen molar-refractivity contribution < 1.29 is 19.1 Å². The zero-order valence-corrected chi connectivity index (χ0v) is 11.0. The van der Waals surface area contributed by atoms with Crippen molar-refractivity contribution in [2.75, 3.05) is 18.6 Å². The number of anilines is 1. The van der Waals surface area contributed by atoms with Crippen molar-refractivity contribution in [3.8, 4) is 0 Å². The first-order chi connectivity index (χ1) is 8.56. The van der Waals surface area contributed by atoms with E-state index in [1.165, 1.54) is 12.0 Å². The monoisotopic (exact) mass is 288 g/mol. The second-order valence-electron chi connectivity index (χ2n) is 3.70. The van der Waals surface area contributed by atoms with Gasteiger partial charge in [-0.2, -0.15) is 0 Å². The van der Waals surface area contributed by atoms with Crippen molar-refractivity contribution in [3.05, 3.63) is 10.0 Å².